The number of rotatable bonds is 3. The van der Waals surface area contributed by atoms with Crippen molar-refractivity contribution in [2.75, 3.05) is 0 Å². The van der Waals surface area contributed by atoms with E-state index in [9.17, 15) is 34.8 Å². The highest BCUT2D eigenvalue weighted by atomic mass is 16.4. The highest BCUT2D eigenvalue weighted by Crippen LogP contribution is 2.46. The standard InChI is InChI=1S/C15H8O8/c16-7-2-1-4(15(22)23)10(17)8(7)11(18)5-3-6-13(20)9(12(5)19)14(6)21/h1-3,16-17,19-20H,(H,22,23). The van der Waals surface area contributed by atoms with E-state index < -0.39 is 62.8 Å². The number of carbonyl (C=O) groups is 3. The first-order chi connectivity index (χ1) is 10.8. The lowest BCUT2D eigenvalue weighted by molar-refractivity contribution is 0.0693. The van der Waals surface area contributed by atoms with Crippen molar-refractivity contribution >= 4 is 17.5 Å². The Bertz CT molecular complexity index is 926. The Morgan fingerprint density at radius 2 is 1.52 bits per heavy atom. The van der Waals surface area contributed by atoms with Crippen LogP contribution in [0.5, 0.6) is 23.0 Å². The molecule has 23 heavy (non-hydrogen) atoms. The van der Waals surface area contributed by atoms with Gasteiger partial charge in [0.2, 0.25) is 11.6 Å². The fraction of sp³-hybridized carbons (Fsp3) is 0. The number of carboxylic acids is 1. The normalized spacial score (nSPS) is 11.9. The van der Waals surface area contributed by atoms with Crippen LogP contribution in [-0.4, -0.2) is 43.1 Å². The third-order valence-corrected chi connectivity index (χ3v) is 3.60. The second kappa shape index (κ2) is 4.47. The summed E-state index contributed by atoms with van der Waals surface area (Å²) >= 11 is 0. The molecule has 0 unspecified atom stereocenters. The summed E-state index contributed by atoms with van der Waals surface area (Å²) in [7, 11) is 0. The molecule has 4 rings (SSSR count). The number of aromatic carboxylic acids is 1. The van der Waals surface area contributed by atoms with Gasteiger partial charge in [-0.05, 0) is 18.2 Å². The molecule has 2 bridgehead atoms. The lowest BCUT2D eigenvalue weighted by atomic mass is 9.83. The Balaban J connectivity index is 2.19. The van der Waals surface area contributed by atoms with Crippen LogP contribution in [-0.2, 0) is 0 Å². The van der Waals surface area contributed by atoms with Crippen LogP contribution in [0, 0.1) is 0 Å². The Hall–Kier alpha value is -3.55. The molecule has 8 heteroatoms. The summed E-state index contributed by atoms with van der Waals surface area (Å²) < 4.78 is 0. The molecular weight excluding hydrogens is 308 g/mol. The molecule has 5 N–H and O–H groups in total. The summed E-state index contributed by atoms with van der Waals surface area (Å²) in [5.74, 6) is -6.15. The molecule has 116 valence electrons. The van der Waals surface area contributed by atoms with Crippen LogP contribution >= 0.6 is 0 Å². The van der Waals surface area contributed by atoms with Gasteiger partial charge in [-0.25, -0.2) is 4.79 Å². The number of ketones is 2. The number of phenolic OH excluding ortho intramolecular Hbond substituents is 3. The number of carbonyl (C=O) groups excluding carboxylic acids is 2. The van der Waals surface area contributed by atoms with Gasteiger partial charge in [-0.15, -0.1) is 0 Å². The van der Waals surface area contributed by atoms with Gasteiger partial charge in [0, 0.05) is 0 Å². The molecule has 2 aromatic rings. The topological polar surface area (TPSA) is 152 Å². The van der Waals surface area contributed by atoms with Crippen molar-refractivity contribution in [1.29, 1.82) is 0 Å². The highest BCUT2D eigenvalue weighted by molar-refractivity contribution is 6.27. The van der Waals surface area contributed by atoms with Crippen molar-refractivity contribution in [3.63, 3.8) is 0 Å². The maximum absolute atomic E-state index is 12.4. The number of benzene rings is 2. The smallest absolute Gasteiger partial charge is 0.339 e. The van der Waals surface area contributed by atoms with Gasteiger partial charge in [0.15, 0.2) is 0 Å². The number of carboxylic acid groups (broad SMARTS) is 1. The monoisotopic (exact) mass is 316 g/mol. The molecule has 8 nitrogen and oxygen atoms in total. The fourth-order valence-electron chi connectivity index (χ4n) is 2.41. The molecule has 0 heterocycles. The van der Waals surface area contributed by atoms with E-state index in [2.05, 4.69) is 0 Å². The first kappa shape index (κ1) is 14.4. The summed E-state index contributed by atoms with van der Waals surface area (Å²) in [5.41, 5.74) is -2.40. The Morgan fingerprint density at radius 3 is 2.04 bits per heavy atom. The number of hydrogen-bond acceptors (Lipinski definition) is 7. The number of hydrogen-bond donors (Lipinski definition) is 5. The van der Waals surface area contributed by atoms with Crippen LogP contribution in [0.25, 0.3) is 0 Å². The zero-order valence-electron chi connectivity index (χ0n) is 11.2. The predicted molar refractivity (Wildman–Crippen MR) is 73.4 cm³/mol. The minimum atomic E-state index is -1.52. The van der Waals surface area contributed by atoms with Gasteiger partial charge in [0.05, 0.1) is 11.1 Å². The van der Waals surface area contributed by atoms with Crippen molar-refractivity contribution < 1.29 is 39.9 Å². The maximum Gasteiger partial charge on any atom is 0.339 e. The van der Waals surface area contributed by atoms with Gasteiger partial charge >= 0.3 is 5.97 Å². The second-order valence-corrected chi connectivity index (χ2v) is 4.86. The van der Waals surface area contributed by atoms with Crippen LogP contribution < -0.4 is 0 Å². The van der Waals surface area contributed by atoms with Crippen molar-refractivity contribution in [1.82, 2.24) is 0 Å². The highest BCUT2D eigenvalue weighted by Gasteiger charge is 2.38. The molecule has 0 fully saturated rings. The van der Waals surface area contributed by atoms with E-state index >= 15 is 0 Å². The quantitative estimate of drug-likeness (QED) is 0.448. The predicted octanol–water partition coefficient (Wildman–Crippen LogP) is 0.983. The maximum atomic E-state index is 12.4. The third kappa shape index (κ3) is 1.75. The largest absolute Gasteiger partial charge is 0.507 e. The molecule has 0 aliphatic heterocycles. The molecule has 2 aromatic carbocycles. The molecule has 2 aliphatic carbocycles. The van der Waals surface area contributed by atoms with E-state index in [0.29, 0.717) is 0 Å². The molecule has 0 amide bonds. The van der Waals surface area contributed by atoms with Crippen LogP contribution in [0.1, 0.15) is 42.2 Å². The number of phenols is 4. The Morgan fingerprint density at radius 1 is 0.870 bits per heavy atom. The van der Waals surface area contributed by atoms with Crippen LogP contribution in [0.15, 0.2) is 18.2 Å². The van der Waals surface area contributed by atoms with Crippen LogP contribution in [0.4, 0.5) is 0 Å². The Kier molecular flexibility index (Phi) is 2.80. The molecular formula is C15H8O8. The molecule has 0 spiro atoms. The molecule has 0 saturated carbocycles. The summed E-state index contributed by atoms with van der Waals surface area (Å²) in [6, 6.07) is 2.73. The van der Waals surface area contributed by atoms with Gasteiger partial charge in [-0.1, -0.05) is 0 Å². The lowest BCUT2D eigenvalue weighted by Crippen LogP contribution is -2.18. The van der Waals surface area contributed by atoms with Crippen LogP contribution in [0.2, 0.25) is 0 Å². The summed E-state index contributed by atoms with van der Waals surface area (Å²) in [6.45, 7) is 0. The van der Waals surface area contributed by atoms with E-state index in [0.717, 1.165) is 18.2 Å². The van der Waals surface area contributed by atoms with E-state index in [1.807, 2.05) is 0 Å². The van der Waals surface area contributed by atoms with Crippen molar-refractivity contribution in [3.8, 4) is 23.0 Å². The van der Waals surface area contributed by atoms with Gasteiger partial charge in [0.1, 0.15) is 39.7 Å². The number of fused-ring (bicyclic) bond motifs is 2. The van der Waals surface area contributed by atoms with Crippen molar-refractivity contribution in [3.05, 3.63) is 46.0 Å². The zero-order chi connectivity index (χ0) is 17.0. The molecule has 0 saturated heterocycles. The number of aromatic hydroxyl groups is 4. The second-order valence-electron chi connectivity index (χ2n) is 4.86. The van der Waals surface area contributed by atoms with Crippen LogP contribution in [0.3, 0.4) is 0 Å². The van der Waals surface area contributed by atoms with E-state index in [1.54, 1.807) is 0 Å². The fourth-order valence-corrected chi connectivity index (χ4v) is 2.41. The Labute approximate surface area is 127 Å². The summed E-state index contributed by atoms with van der Waals surface area (Å²) in [5, 5.41) is 47.9. The summed E-state index contributed by atoms with van der Waals surface area (Å²) in [6.07, 6.45) is 0. The average Bonchev–Trinajstić information content (AvgIpc) is 2.47. The molecule has 0 atom stereocenters. The van der Waals surface area contributed by atoms with Gasteiger partial charge < -0.3 is 25.5 Å². The van der Waals surface area contributed by atoms with E-state index in [-0.39, 0.29) is 5.56 Å². The SMILES string of the molecule is O=C(O)c1ccc(O)c(C(=O)c2cc3c(O)c(c2O)C3=O)c1O. The first-order valence-electron chi connectivity index (χ1n) is 6.22. The van der Waals surface area contributed by atoms with Crippen molar-refractivity contribution in [2.45, 2.75) is 0 Å². The van der Waals surface area contributed by atoms with E-state index in [4.69, 9.17) is 5.11 Å². The zero-order valence-corrected chi connectivity index (χ0v) is 11.2. The van der Waals surface area contributed by atoms with Gasteiger partial charge in [-0.2, -0.15) is 0 Å². The first-order valence-corrected chi connectivity index (χ1v) is 6.22. The minimum absolute atomic E-state index is 0.186. The molecule has 0 aromatic heterocycles. The van der Waals surface area contributed by atoms with Gasteiger partial charge in [0.25, 0.3) is 0 Å². The van der Waals surface area contributed by atoms with Gasteiger partial charge in [-0.3, -0.25) is 9.59 Å². The lowest BCUT2D eigenvalue weighted by Gasteiger charge is -2.21. The average molecular weight is 316 g/mol. The molecule has 0 radical (unpaired) electrons. The van der Waals surface area contributed by atoms with Crippen molar-refractivity contribution in [2.24, 2.45) is 0 Å². The summed E-state index contributed by atoms with van der Waals surface area (Å²) in [4.78, 5) is 34.9. The third-order valence-electron chi connectivity index (χ3n) is 3.60. The molecule has 2 aliphatic rings. The minimum Gasteiger partial charge on any atom is -0.507 e. The van der Waals surface area contributed by atoms with E-state index in [1.165, 1.54) is 0 Å².